The van der Waals surface area contributed by atoms with Gasteiger partial charge < -0.3 is 10.1 Å². The summed E-state index contributed by atoms with van der Waals surface area (Å²) in [6.45, 7) is 5.20. The fourth-order valence-electron chi connectivity index (χ4n) is 2.12. The van der Waals surface area contributed by atoms with Gasteiger partial charge in [0.25, 0.3) is 5.91 Å². The minimum absolute atomic E-state index is 0.00151. The molecule has 1 heterocycles. The summed E-state index contributed by atoms with van der Waals surface area (Å²) in [6, 6.07) is 2.68. The Balaban J connectivity index is 2.18. The van der Waals surface area contributed by atoms with Gasteiger partial charge in [0.2, 0.25) is 5.44 Å². The molecular formula is C15H18F3N3O4S. The van der Waals surface area contributed by atoms with Crippen molar-refractivity contribution in [3.8, 4) is 0 Å². The normalized spacial score (nSPS) is 18.0. The van der Waals surface area contributed by atoms with Crippen LogP contribution >= 0.6 is 11.8 Å². The van der Waals surface area contributed by atoms with Gasteiger partial charge in [-0.3, -0.25) is 20.4 Å². The number of nitrogens with zero attached hydrogens (tertiary/aromatic N) is 1. The standard InChI is InChI=1S/C15H18F3N3O4S/c1-14(2,3)19-13(23)25-12-11(22)21(7-26-12)10-5-8(15(16,17)18)4-9(6-10)20-24/h4-6,12,20,24H,7H2,1-3H3,(H,19,23). The maximum absolute atomic E-state index is 13.0. The zero-order valence-electron chi connectivity index (χ0n) is 14.2. The summed E-state index contributed by atoms with van der Waals surface area (Å²) in [6.07, 6.45) is -5.45. The Morgan fingerprint density at radius 3 is 2.50 bits per heavy atom. The van der Waals surface area contributed by atoms with Crippen molar-refractivity contribution in [3.63, 3.8) is 0 Å². The molecule has 2 amide bonds. The number of halogens is 3. The lowest BCUT2D eigenvalue weighted by atomic mass is 10.1. The van der Waals surface area contributed by atoms with E-state index in [1.165, 1.54) is 6.07 Å². The number of carbonyl (C=O) groups is 2. The number of alkyl halides is 3. The molecule has 1 aromatic rings. The van der Waals surface area contributed by atoms with E-state index in [0.717, 1.165) is 22.7 Å². The molecule has 7 nitrogen and oxygen atoms in total. The highest BCUT2D eigenvalue weighted by Crippen LogP contribution is 2.37. The SMILES string of the molecule is CC(C)(C)NC(=O)OC1SCN(c2cc(NO)cc(C(F)(F)F)c2)C1=O. The van der Waals surface area contributed by atoms with Gasteiger partial charge in [-0.1, -0.05) is 11.8 Å². The molecule has 1 fully saturated rings. The van der Waals surface area contributed by atoms with E-state index in [1.54, 1.807) is 26.3 Å². The number of thioether (sulfide) groups is 1. The molecule has 0 spiro atoms. The van der Waals surface area contributed by atoms with Crippen LogP contribution in [0.25, 0.3) is 0 Å². The van der Waals surface area contributed by atoms with Crippen LogP contribution in [0.4, 0.5) is 29.3 Å². The number of amides is 2. The maximum atomic E-state index is 13.0. The molecule has 0 radical (unpaired) electrons. The molecule has 1 saturated heterocycles. The third-order valence-electron chi connectivity index (χ3n) is 3.20. The molecule has 0 aliphatic carbocycles. The van der Waals surface area contributed by atoms with E-state index >= 15 is 0 Å². The van der Waals surface area contributed by atoms with Crippen molar-refractivity contribution in [2.24, 2.45) is 0 Å². The Labute approximate surface area is 151 Å². The van der Waals surface area contributed by atoms with Crippen LogP contribution in [0.3, 0.4) is 0 Å². The molecule has 0 saturated carbocycles. The largest absolute Gasteiger partial charge is 0.425 e. The summed E-state index contributed by atoms with van der Waals surface area (Å²) in [5, 5.41) is 11.5. The highest BCUT2D eigenvalue weighted by atomic mass is 32.2. The second-order valence-electron chi connectivity index (χ2n) is 6.55. The summed E-state index contributed by atoms with van der Waals surface area (Å²) in [5.74, 6) is -0.666. The number of hydrogen-bond acceptors (Lipinski definition) is 6. The number of benzene rings is 1. The van der Waals surface area contributed by atoms with E-state index in [4.69, 9.17) is 9.94 Å². The van der Waals surface area contributed by atoms with E-state index in [2.05, 4.69) is 5.32 Å². The van der Waals surface area contributed by atoms with Crippen molar-refractivity contribution >= 4 is 35.1 Å². The number of rotatable bonds is 3. The number of carbonyl (C=O) groups excluding carboxylic acids is 2. The summed E-state index contributed by atoms with van der Waals surface area (Å²) in [5.41, 5.74) is -1.41. The summed E-state index contributed by atoms with van der Waals surface area (Å²) in [7, 11) is 0. The molecule has 1 atom stereocenters. The number of hydrogen-bond donors (Lipinski definition) is 3. The Hall–Kier alpha value is -2.14. The molecule has 1 aromatic carbocycles. The summed E-state index contributed by atoms with van der Waals surface area (Å²) < 4.78 is 44.0. The Morgan fingerprint density at radius 2 is 1.96 bits per heavy atom. The van der Waals surface area contributed by atoms with Crippen LogP contribution in [-0.2, 0) is 15.7 Å². The predicted octanol–water partition coefficient (Wildman–Crippen LogP) is 3.39. The van der Waals surface area contributed by atoms with Gasteiger partial charge in [0, 0.05) is 11.2 Å². The zero-order chi connectivity index (χ0) is 19.7. The van der Waals surface area contributed by atoms with Gasteiger partial charge in [0.1, 0.15) is 0 Å². The molecule has 1 aliphatic rings. The van der Waals surface area contributed by atoms with Crippen LogP contribution in [0.1, 0.15) is 26.3 Å². The van der Waals surface area contributed by atoms with E-state index < -0.39 is 34.7 Å². The van der Waals surface area contributed by atoms with Crippen LogP contribution in [0, 0.1) is 0 Å². The molecule has 1 aliphatic heterocycles. The third-order valence-corrected chi connectivity index (χ3v) is 4.21. The second-order valence-corrected chi connectivity index (χ2v) is 7.57. The van der Waals surface area contributed by atoms with Crippen LogP contribution < -0.4 is 15.7 Å². The Kier molecular flexibility index (Phi) is 5.61. The van der Waals surface area contributed by atoms with Gasteiger partial charge in [-0.05, 0) is 39.0 Å². The van der Waals surface area contributed by atoms with Crippen molar-refractivity contribution in [1.82, 2.24) is 5.32 Å². The quantitative estimate of drug-likeness (QED) is 0.682. The van der Waals surface area contributed by atoms with Crippen molar-refractivity contribution in [1.29, 1.82) is 0 Å². The van der Waals surface area contributed by atoms with Crippen LogP contribution in [0.15, 0.2) is 18.2 Å². The number of alkyl carbamates (subject to hydrolysis) is 1. The first kappa shape index (κ1) is 20.2. The van der Waals surface area contributed by atoms with Crippen LogP contribution in [0.2, 0.25) is 0 Å². The van der Waals surface area contributed by atoms with E-state index in [0.29, 0.717) is 6.07 Å². The van der Waals surface area contributed by atoms with Gasteiger partial charge in [-0.25, -0.2) is 4.79 Å². The average molecular weight is 393 g/mol. The highest BCUT2D eigenvalue weighted by molar-refractivity contribution is 8.01. The molecule has 1 unspecified atom stereocenters. The molecule has 11 heteroatoms. The van der Waals surface area contributed by atoms with Crippen molar-refractivity contribution in [2.75, 3.05) is 16.3 Å². The molecular weight excluding hydrogens is 375 g/mol. The smallest absolute Gasteiger partial charge is 0.416 e. The number of nitrogens with one attached hydrogen (secondary N) is 2. The number of anilines is 2. The molecule has 26 heavy (non-hydrogen) atoms. The molecule has 0 aromatic heterocycles. The summed E-state index contributed by atoms with van der Waals surface area (Å²) >= 11 is 0.964. The van der Waals surface area contributed by atoms with Gasteiger partial charge in [-0.2, -0.15) is 13.2 Å². The van der Waals surface area contributed by atoms with Gasteiger partial charge in [0.05, 0.1) is 17.1 Å². The first-order valence-corrected chi connectivity index (χ1v) is 8.50. The van der Waals surface area contributed by atoms with E-state index in [-0.39, 0.29) is 17.3 Å². The monoisotopic (exact) mass is 393 g/mol. The topological polar surface area (TPSA) is 90.9 Å². The van der Waals surface area contributed by atoms with Crippen molar-refractivity contribution in [3.05, 3.63) is 23.8 Å². The first-order chi connectivity index (χ1) is 11.9. The Bertz CT molecular complexity index is 706. The summed E-state index contributed by atoms with van der Waals surface area (Å²) in [4.78, 5) is 25.2. The van der Waals surface area contributed by atoms with Crippen molar-refractivity contribution in [2.45, 2.75) is 37.9 Å². The molecule has 2 rings (SSSR count). The minimum Gasteiger partial charge on any atom is -0.425 e. The van der Waals surface area contributed by atoms with Crippen LogP contribution in [-0.4, -0.2) is 34.1 Å². The first-order valence-electron chi connectivity index (χ1n) is 7.45. The molecule has 3 N–H and O–H groups in total. The van der Waals surface area contributed by atoms with Gasteiger partial charge in [0.15, 0.2) is 0 Å². The average Bonchev–Trinajstić information content (AvgIpc) is 2.85. The highest BCUT2D eigenvalue weighted by Gasteiger charge is 2.38. The van der Waals surface area contributed by atoms with Crippen molar-refractivity contribution < 1.29 is 32.7 Å². The van der Waals surface area contributed by atoms with Gasteiger partial charge in [-0.15, -0.1) is 0 Å². The fraction of sp³-hybridized carbons (Fsp3) is 0.467. The molecule has 0 bridgehead atoms. The fourth-order valence-corrected chi connectivity index (χ4v) is 3.10. The lowest BCUT2D eigenvalue weighted by Gasteiger charge is -2.21. The predicted molar refractivity (Wildman–Crippen MR) is 90.0 cm³/mol. The maximum Gasteiger partial charge on any atom is 0.416 e. The molecule has 144 valence electrons. The van der Waals surface area contributed by atoms with Crippen LogP contribution in [0.5, 0.6) is 0 Å². The third kappa shape index (κ3) is 4.94. The number of ether oxygens (including phenoxy) is 1. The Morgan fingerprint density at radius 1 is 1.31 bits per heavy atom. The van der Waals surface area contributed by atoms with E-state index in [9.17, 15) is 22.8 Å². The second kappa shape index (κ2) is 7.23. The lowest BCUT2D eigenvalue weighted by Crippen LogP contribution is -2.43. The zero-order valence-corrected chi connectivity index (χ0v) is 15.0. The minimum atomic E-state index is -4.65. The van der Waals surface area contributed by atoms with E-state index in [1.807, 2.05) is 0 Å². The van der Waals surface area contributed by atoms with Gasteiger partial charge >= 0.3 is 12.3 Å². The lowest BCUT2D eigenvalue weighted by molar-refractivity contribution is -0.137.